The van der Waals surface area contributed by atoms with Gasteiger partial charge in [-0.15, -0.1) is 11.8 Å². The van der Waals surface area contributed by atoms with Gasteiger partial charge in [0.05, 0.1) is 12.2 Å². The van der Waals surface area contributed by atoms with Gasteiger partial charge in [0.25, 0.3) is 0 Å². The van der Waals surface area contributed by atoms with Crippen LogP contribution in [0.5, 0.6) is 0 Å². The summed E-state index contributed by atoms with van der Waals surface area (Å²) >= 11 is 1.84. The standard InChI is InChI=1S/C33H26O2S/c34-33(30-19-17-26-15-14-24-10-7-11-25-16-18-29(30)32(26)31(24)25)35-21-20-27(23-8-3-1-4-9-23)22-36-28-12-5-2-6-13-28/h1-19,27H,20-22H2/t27-/m1/s1. The van der Waals surface area contributed by atoms with Gasteiger partial charge in [0.15, 0.2) is 0 Å². The summed E-state index contributed by atoms with van der Waals surface area (Å²) in [7, 11) is 0. The van der Waals surface area contributed by atoms with E-state index in [2.05, 4.69) is 91.0 Å². The molecule has 36 heavy (non-hydrogen) atoms. The predicted octanol–water partition coefficient (Wildman–Crippen LogP) is 8.71. The van der Waals surface area contributed by atoms with E-state index in [-0.39, 0.29) is 5.97 Å². The Morgan fingerprint density at radius 1 is 0.667 bits per heavy atom. The molecule has 0 aliphatic heterocycles. The number of carbonyl (C=O) groups excluding carboxylic acids is 1. The van der Waals surface area contributed by atoms with E-state index >= 15 is 0 Å². The molecule has 0 saturated heterocycles. The topological polar surface area (TPSA) is 26.3 Å². The number of esters is 1. The first-order valence-corrected chi connectivity index (χ1v) is 13.3. The molecule has 6 rings (SSSR count). The Hall–Kier alpha value is -3.82. The first-order chi connectivity index (χ1) is 17.8. The fourth-order valence-corrected chi connectivity index (χ4v) is 6.17. The Morgan fingerprint density at radius 2 is 1.31 bits per heavy atom. The molecule has 0 aromatic heterocycles. The van der Waals surface area contributed by atoms with E-state index in [9.17, 15) is 4.79 Å². The SMILES string of the molecule is O=C(OCC[C@H](CSc1ccccc1)c1ccccc1)c1ccc2ccc3cccc4ccc1c2c34. The second-order valence-corrected chi connectivity index (χ2v) is 10.2. The summed E-state index contributed by atoms with van der Waals surface area (Å²) < 4.78 is 5.87. The lowest BCUT2D eigenvalue weighted by Gasteiger charge is -2.18. The minimum Gasteiger partial charge on any atom is -0.462 e. The zero-order valence-electron chi connectivity index (χ0n) is 19.9. The lowest BCUT2D eigenvalue weighted by molar-refractivity contribution is 0.0497. The Bertz CT molecular complexity index is 1610. The molecule has 0 amide bonds. The third-order valence-electron chi connectivity index (χ3n) is 6.91. The molecule has 0 heterocycles. The third kappa shape index (κ3) is 4.43. The van der Waals surface area contributed by atoms with Gasteiger partial charge in [-0.2, -0.15) is 0 Å². The lowest BCUT2D eigenvalue weighted by atomic mass is 9.92. The number of hydrogen-bond acceptors (Lipinski definition) is 3. The van der Waals surface area contributed by atoms with Crippen LogP contribution in [0.25, 0.3) is 32.3 Å². The van der Waals surface area contributed by atoms with Crippen LogP contribution in [0.4, 0.5) is 0 Å². The van der Waals surface area contributed by atoms with E-state index in [0.29, 0.717) is 18.1 Å². The molecule has 1 atom stereocenters. The molecule has 0 N–H and O–H groups in total. The largest absolute Gasteiger partial charge is 0.462 e. The maximum absolute atomic E-state index is 13.3. The Kier molecular flexibility index (Phi) is 6.31. The maximum Gasteiger partial charge on any atom is 0.338 e. The highest BCUT2D eigenvalue weighted by atomic mass is 32.2. The number of benzene rings is 6. The summed E-state index contributed by atoms with van der Waals surface area (Å²) in [6, 6.07) is 39.7. The van der Waals surface area contributed by atoms with Gasteiger partial charge >= 0.3 is 5.97 Å². The first-order valence-electron chi connectivity index (χ1n) is 12.3. The van der Waals surface area contributed by atoms with E-state index in [0.717, 1.165) is 28.3 Å². The van der Waals surface area contributed by atoms with Crippen LogP contribution < -0.4 is 0 Å². The fraction of sp³-hybridized carbons (Fsp3) is 0.121. The molecule has 6 aromatic rings. The fourth-order valence-electron chi connectivity index (χ4n) is 5.07. The molecule has 0 fully saturated rings. The molecule has 0 aliphatic carbocycles. The van der Waals surface area contributed by atoms with Crippen LogP contribution in [-0.2, 0) is 4.74 Å². The molecule has 0 bridgehead atoms. The molecule has 0 aliphatic rings. The molecule has 0 radical (unpaired) electrons. The average molecular weight is 487 g/mol. The smallest absolute Gasteiger partial charge is 0.338 e. The monoisotopic (exact) mass is 486 g/mol. The Labute approximate surface area is 215 Å². The summed E-state index contributed by atoms with van der Waals surface area (Å²) in [5.41, 5.74) is 1.91. The van der Waals surface area contributed by atoms with Crippen LogP contribution in [0.3, 0.4) is 0 Å². The molecule has 0 spiro atoms. The highest BCUT2D eigenvalue weighted by Crippen LogP contribution is 2.36. The van der Waals surface area contributed by atoms with Crippen LogP contribution in [0.1, 0.15) is 28.3 Å². The van der Waals surface area contributed by atoms with Gasteiger partial charge in [0, 0.05) is 10.6 Å². The molecular formula is C33H26O2S. The van der Waals surface area contributed by atoms with Crippen LogP contribution in [0, 0.1) is 0 Å². The summed E-state index contributed by atoms with van der Waals surface area (Å²) in [5.74, 6) is 0.977. The summed E-state index contributed by atoms with van der Waals surface area (Å²) in [5, 5.41) is 6.84. The molecule has 2 nitrogen and oxygen atoms in total. The van der Waals surface area contributed by atoms with Gasteiger partial charge in [-0.05, 0) is 68.4 Å². The number of rotatable bonds is 8. The van der Waals surface area contributed by atoms with Gasteiger partial charge in [-0.3, -0.25) is 0 Å². The molecular weight excluding hydrogens is 460 g/mol. The molecule has 3 heteroatoms. The zero-order valence-corrected chi connectivity index (χ0v) is 20.7. The van der Waals surface area contributed by atoms with Crippen molar-refractivity contribution in [2.45, 2.75) is 17.2 Å². The molecule has 176 valence electrons. The van der Waals surface area contributed by atoms with Gasteiger partial charge in [0.1, 0.15) is 0 Å². The van der Waals surface area contributed by atoms with E-state index in [4.69, 9.17) is 4.74 Å². The maximum atomic E-state index is 13.3. The predicted molar refractivity (Wildman–Crippen MR) is 151 cm³/mol. The molecule has 0 saturated carbocycles. The van der Waals surface area contributed by atoms with E-state index < -0.39 is 0 Å². The van der Waals surface area contributed by atoms with Gasteiger partial charge in [-0.1, -0.05) is 97.1 Å². The summed E-state index contributed by atoms with van der Waals surface area (Å²) in [4.78, 5) is 14.5. The Balaban J connectivity index is 1.21. The average Bonchev–Trinajstić information content (AvgIpc) is 2.94. The normalized spacial score (nSPS) is 12.3. The van der Waals surface area contributed by atoms with Crippen molar-refractivity contribution in [1.29, 1.82) is 0 Å². The number of ether oxygens (including phenoxy) is 1. The summed E-state index contributed by atoms with van der Waals surface area (Å²) in [6.07, 6.45) is 0.779. The highest BCUT2D eigenvalue weighted by molar-refractivity contribution is 7.99. The third-order valence-corrected chi connectivity index (χ3v) is 8.09. The zero-order chi connectivity index (χ0) is 24.3. The number of carbonyl (C=O) groups is 1. The van der Waals surface area contributed by atoms with Crippen molar-refractivity contribution in [3.63, 3.8) is 0 Å². The van der Waals surface area contributed by atoms with Crippen molar-refractivity contribution in [2.24, 2.45) is 0 Å². The Morgan fingerprint density at radius 3 is 2.06 bits per heavy atom. The van der Waals surface area contributed by atoms with E-state index in [1.165, 1.54) is 26.6 Å². The van der Waals surface area contributed by atoms with Crippen molar-refractivity contribution in [3.05, 3.63) is 126 Å². The number of thioether (sulfide) groups is 1. The van der Waals surface area contributed by atoms with Crippen LogP contribution in [-0.4, -0.2) is 18.3 Å². The number of hydrogen-bond donors (Lipinski definition) is 0. The first kappa shape index (κ1) is 22.6. The summed E-state index contributed by atoms with van der Waals surface area (Å²) in [6.45, 7) is 0.385. The van der Waals surface area contributed by atoms with Crippen LogP contribution in [0.2, 0.25) is 0 Å². The highest BCUT2D eigenvalue weighted by Gasteiger charge is 2.18. The molecule has 6 aromatic carbocycles. The van der Waals surface area contributed by atoms with Crippen molar-refractivity contribution < 1.29 is 9.53 Å². The second-order valence-electron chi connectivity index (χ2n) is 9.13. The molecule has 0 unspecified atom stereocenters. The van der Waals surface area contributed by atoms with Crippen molar-refractivity contribution in [2.75, 3.05) is 12.4 Å². The minimum atomic E-state index is -0.254. The van der Waals surface area contributed by atoms with Crippen molar-refractivity contribution in [1.82, 2.24) is 0 Å². The van der Waals surface area contributed by atoms with Crippen molar-refractivity contribution in [3.8, 4) is 0 Å². The van der Waals surface area contributed by atoms with Crippen molar-refractivity contribution >= 4 is 50.0 Å². The van der Waals surface area contributed by atoms with E-state index in [1.807, 2.05) is 36.0 Å². The lowest BCUT2D eigenvalue weighted by Crippen LogP contribution is -2.11. The van der Waals surface area contributed by atoms with Gasteiger partial charge in [-0.25, -0.2) is 4.79 Å². The minimum absolute atomic E-state index is 0.254. The quantitative estimate of drug-likeness (QED) is 0.122. The van der Waals surface area contributed by atoms with Crippen LogP contribution in [0.15, 0.2) is 120 Å². The van der Waals surface area contributed by atoms with Gasteiger partial charge in [0.2, 0.25) is 0 Å². The van der Waals surface area contributed by atoms with Crippen LogP contribution >= 0.6 is 11.8 Å². The second kappa shape index (κ2) is 10.0. The van der Waals surface area contributed by atoms with E-state index in [1.54, 1.807) is 0 Å². The van der Waals surface area contributed by atoms with Gasteiger partial charge < -0.3 is 4.74 Å².